The van der Waals surface area contributed by atoms with E-state index in [4.69, 9.17) is 4.74 Å². The van der Waals surface area contributed by atoms with Gasteiger partial charge in [0.25, 0.3) is 0 Å². The van der Waals surface area contributed by atoms with E-state index in [2.05, 4.69) is 47.2 Å². The lowest BCUT2D eigenvalue weighted by molar-refractivity contribution is 0.185. The van der Waals surface area contributed by atoms with Crippen LogP contribution in [0.5, 0.6) is 5.75 Å². The van der Waals surface area contributed by atoms with Crippen molar-refractivity contribution in [2.24, 2.45) is 0 Å². The Bertz CT molecular complexity index is 367. The van der Waals surface area contributed by atoms with Crippen molar-refractivity contribution in [2.75, 3.05) is 6.54 Å². The van der Waals surface area contributed by atoms with Gasteiger partial charge in [-0.2, -0.15) is 0 Å². The van der Waals surface area contributed by atoms with E-state index in [0.29, 0.717) is 6.04 Å². The van der Waals surface area contributed by atoms with Gasteiger partial charge in [-0.25, -0.2) is 0 Å². The Hall–Kier alpha value is -0.540. The Labute approximate surface area is 106 Å². The van der Waals surface area contributed by atoms with Crippen LogP contribution in [0.2, 0.25) is 0 Å². The highest BCUT2D eigenvalue weighted by molar-refractivity contribution is 9.10. The quantitative estimate of drug-likeness (QED) is 0.911. The molecule has 2 unspecified atom stereocenters. The van der Waals surface area contributed by atoms with E-state index in [9.17, 15) is 0 Å². The molecule has 0 aliphatic carbocycles. The fourth-order valence-corrected chi connectivity index (χ4v) is 2.54. The van der Waals surface area contributed by atoms with Crippen molar-refractivity contribution >= 4 is 15.9 Å². The fourth-order valence-electron chi connectivity index (χ4n) is 2.16. The zero-order chi connectivity index (χ0) is 11.5. The average molecular weight is 284 g/mol. The number of nitrogens with one attached hydrogen (secondary N) is 1. The molecule has 88 valence electrons. The lowest BCUT2D eigenvalue weighted by Gasteiger charge is -2.18. The van der Waals surface area contributed by atoms with E-state index in [1.54, 1.807) is 0 Å². The summed E-state index contributed by atoms with van der Waals surface area (Å²) in [5, 5.41) is 3.57. The number of rotatable bonds is 4. The van der Waals surface area contributed by atoms with Gasteiger partial charge in [0.1, 0.15) is 11.9 Å². The van der Waals surface area contributed by atoms with Crippen LogP contribution in [-0.4, -0.2) is 12.6 Å². The van der Waals surface area contributed by atoms with Gasteiger partial charge in [-0.15, -0.1) is 0 Å². The van der Waals surface area contributed by atoms with Gasteiger partial charge in [0.15, 0.2) is 0 Å². The van der Waals surface area contributed by atoms with Gasteiger partial charge in [0.2, 0.25) is 0 Å². The minimum atomic E-state index is 0.274. The number of ether oxygens (including phenoxy) is 1. The first-order valence-corrected chi connectivity index (χ1v) is 6.75. The van der Waals surface area contributed by atoms with Crippen LogP contribution in [0.1, 0.15) is 38.3 Å². The molecule has 0 radical (unpaired) electrons. The lowest BCUT2D eigenvalue weighted by Crippen LogP contribution is -2.31. The van der Waals surface area contributed by atoms with Crippen LogP contribution in [0.4, 0.5) is 0 Å². The molecule has 0 aromatic heterocycles. The van der Waals surface area contributed by atoms with Crippen molar-refractivity contribution in [3.8, 4) is 5.75 Å². The van der Waals surface area contributed by atoms with E-state index in [0.717, 1.165) is 29.6 Å². The van der Waals surface area contributed by atoms with Gasteiger partial charge in [-0.05, 0) is 37.6 Å². The fraction of sp³-hybridized carbons (Fsp3) is 0.538. The Morgan fingerprint density at radius 3 is 2.88 bits per heavy atom. The molecule has 1 aliphatic heterocycles. The highest BCUT2D eigenvalue weighted by Gasteiger charge is 2.32. The summed E-state index contributed by atoms with van der Waals surface area (Å²) in [6, 6.07) is 6.60. The smallest absolute Gasteiger partial charge is 0.124 e. The molecule has 16 heavy (non-hydrogen) atoms. The van der Waals surface area contributed by atoms with Crippen LogP contribution < -0.4 is 10.1 Å². The molecule has 0 fully saturated rings. The second kappa shape index (κ2) is 5.19. The molecule has 1 aromatic rings. The van der Waals surface area contributed by atoms with E-state index >= 15 is 0 Å². The molecule has 1 N–H and O–H groups in total. The molecular weight excluding hydrogens is 266 g/mol. The van der Waals surface area contributed by atoms with Gasteiger partial charge >= 0.3 is 0 Å². The average Bonchev–Trinajstić information content (AvgIpc) is 2.63. The standard InChI is InChI=1S/C13H18BrNO/c1-3-7-15-13-10-8-9(14)5-6-12(10)16-11(13)4-2/h5-6,8,11,13,15H,3-4,7H2,1-2H3. The predicted molar refractivity (Wildman–Crippen MR) is 69.9 cm³/mol. The van der Waals surface area contributed by atoms with Crippen LogP contribution >= 0.6 is 15.9 Å². The maximum atomic E-state index is 5.94. The summed E-state index contributed by atoms with van der Waals surface area (Å²) in [7, 11) is 0. The van der Waals surface area contributed by atoms with Gasteiger partial charge in [0, 0.05) is 10.0 Å². The molecule has 0 saturated carbocycles. The van der Waals surface area contributed by atoms with Crippen molar-refractivity contribution in [2.45, 2.75) is 38.8 Å². The monoisotopic (exact) mass is 283 g/mol. The van der Waals surface area contributed by atoms with Crippen LogP contribution in [0, 0.1) is 0 Å². The Balaban J connectivity index is 2.24. The number of benzene rings is 1. The summed E-state index contributed by atoms with van der Waals surface area (Å²) >= 11 is 3.52. The first-order valence-electron chi connectivity index (χ1n) is 5.95. The molecule has 1 heterocycles. The molecule has 1 aromatic carbocycles. The molecule has 0 bridgehead atoms. The lowest BCUT2D eigenvalue weighted by atomic mass is 10.0. The first kappa shape index (κ1) is 11.9. The predicted octanol–water partition coefficient (Wildman–Crippen LogP) is 3.66. The molecule has 2 atom stereocenters. The summed E-state index contributed by atoms with van der Waals surface area (Å²) in [6.45, 7) is 5.40. The van der Waals surface area contributed by atoms with Crippen LogP contribution in [0.3, 0.4) is 0 Å². The van der Waals surface area contributed by atoms with Crippen molar-refractivity contribution in [1.29, 1.82) is 0 Å². The summed E-state index contributed by atoms with van der Waals surface area (Å²) in [5.41, 5.74) is 1.29. The maximum Gasteiger partial charge on any atom is 0.124 e. The van der Waals surface area contributed by atoms with Gasteiger partial charge in [0.05, 0.1) is 6.04 Å². The van der Waals surface area contributed by atoms with Crippen molar-refractivity contribution < 1.29 is 4.74 Å². The van der Waals surface area contributed by atoms with Gasteiger partial charge in [-0.1, -0.05) is 29.8 Å². The van der Waals surface area contributed by atoms with Crippen molar-refractivity contribution in [3.63, 3.8) is 0 Å². The summed E-state index contributed by atoms with van der Waals surface area (Å²) in [6.07, 6.45) is 2.46. The molecule has 0 spiro atoms. The Morgan fingerprint density at radius 1 is 1.38 bits per heavy atom. The number of fused-ring (bicyclic) bond motifs is 1. The summed E-state index contributed by atoms with van der Waals surface area (Å²) < 4.78 is 7.06. The van der Waals surface area contributed by atoms with E-state index < -0.39 is 0 Å². The summed E-state index contributed by atoms with van der Waals surface area (Å²) in [5.74, 6) is 1.03. The van der Waals surface area contributed by atoms with E-state index in [-0.39, 0.29) is 6.10 Å². The third-order valence-electron chi connectivity index (χ3n) is 2.97. The topological polar surface area (TPSA) is 21.3 Å². The van der Waals surface area contributed by atoms with Crippen molar-refractivity contribution in [3.05, 3.63) is 28.2 Å². The molecule has 1 aliphatic rings. The Morgan fingerprint density at radius 2 is 2.19 bits per heavy atom. The second-order valence-corrected chi connectivity index (χ2v) is 5.09. The van der Waals surface area contributed by atoms with Crippen LogP contribution in [0.25, 0.3) is 0 Å². The minimum absolute atomic E-state index is 0.274. The molecule has 2 rings (SSSR count). The zero-order valence-corrected chi connectivity index (χ0v) is 11.4. The van der Waals surface area contributed by atoms with Crippen LogP contribution in [-0.2, 0) is 0 Å². The summed E-state index contributed by atoms with van der Waals surface area (Å²) in [4.78, 5) is 0. The third kappa shape index (κ3) is 2.25. The number of halogens is 1. The number of hydrogen-bond donors (Lipinski definition) is 1. The largest absolute Gasteiger partial charge is 0.488 e. The normalized spacial score (nSPS) is 22.9. The SMILES string of the molecule is CCCNC1c2cc(Br)ccc2OC1CC. The number of hydrogen-bond acceptors (Lipinski definition) is 2. The van der Waals surface area contributed by atoms with Crippen LogP contribution in [0.15, 0.2) is 22.7 Å². The third-order valence-corrected chi connectivity index (χ3v) is 3.47. The molecule has 0 saturated heterocycles. The van der Waals surface area contributed by atoms with Crippen molar-refractivity contribution in [1.82, 2.24) is 5.32 Å². The second-order valence-electron chi connectivity index (χ2n) is 4.18. The minimum Gasteiger partial charge on any atom is -0.488 e. The highest BCUT2D eigenvalue weighted by atomic mass is 79.9. The molecule has 0 amide bonds. The molecule has 3 heteroatoms. The molecular formula is C13H18BrNO. The van der Waals surface area contributed by atoms with E-state index in [1.807, 2.05) is 6.07 Å². The highest BCUT2D eigenvalue weighted by Crippen LogP contribution is 2.39. The maximum absolute atomic E-state index is 5.94. The zero-order valence-electron chi connectivity index (χ0n) is 9.79. The molecule has 2 nitrogen and oxygen atoms in total. The Kier molecular flexibility index (Phi) is 3.87. The van der Waals surface area contributed by atoms with E-state index in [1.165, 1.54) is 5.56 Å². The van der Waals surface area contributed by atoms with Gasteiger partial charge in [-0.3, -0.25) is 0 Å². The first-order chi connectivity index (χ1) is 7.76. The van der Waals surface area contributed by atoms with Gasteiger partial charge < -0.3 is 10.1 Å².